The molecule has 0 unspecified atom stereocenters. The summed E-state index contributed by atoms with van der Waals surface area (Å²) < 4.78 is 0. The lowest BCUT2D eigenvalue weighted by molar-refractivity contribution is 0.610. The monoisotopic (exact) mass is 215 g/mol. The summed E-state index contributed by atoms with van der Waals surface area (Å²) in [6.45, 7) is 5.54. The molecule has 1 rings (SSSR count). The quantitative estimate of drug-likeness (QED) is 0.732. The van der Waals surface area contributed by atoms with Gasteiger partial charge in [-0.1, -0.05) is 13.0 Å². The van der Waals surface area contributed by atoms with Crippen molar-refractivity contribution in [3.05, 3.63) is 22.4 Å². The minimum Gasteiger partial charge on any atom is -0.309 e. The standard InChI is InChI=1S/C10H17NS2/c1-3-12-8-6-11-9(2)10-5-4-7-13-10/h4-5,7,9,11H,3,6,8H2,1-2H3/t9-/m0/s1. The number of rotatable bonds is 6. The molecule has 1 atom stereocenters. The maximum Gasteiger partial charge on any atom is 0.0386 e. The van der Waals surface area contributed by atoms with Gasteiger partial charge in [-0.25, -0.2) is 0 Å². The van der Waals surface area contributed by atoms with Crippen molar-refractivity contribution >= 4 is 23.1 Å². The van der Waals surface area contributed by atoms with Crippen molar-refractivity contribution in [1.29, 1.82) is 0 Å². The van der Waals surface area contributed by atoms with Crippen molar-refractivity contribution < 1.29 is 0 Å². The van der Waals surface area contributed by atoms with Gasteiger partial charge < -0.3 is 5.32 Å². The SMILES string of the molecule is CCSCCN[C@@H](C)c1cccs1. The smallest absolute Gasteiger partial charge is 0.0386 e. The second-order valence-electron chi connectivity index (χ2n) is 2.89. The third kappa shape index (κ3) is 4.16. The van der Waals surface area contributed by atoms with Crippen molar-refractivity contribution in [3.8, 4) is 0 Å². The van der Waals surface area contributed by atoms with E-state index in [1.807, 2.05) is 23.1 Å². The van der Waals surface area contributed by atoms with Crippen LogP contribution >= 0.6 is 23.1 Å². The predicted molar refractivity (Wildman–Crippen MR) is 63.7 cm³/mol. The molecule has 0 aliphatic heterocycles. The Morgan fingerprint density at radius 1 is 1.62 bits per heavy atom. The molecular weight excluding hydrogens is 198 g/mol. The van der Waals surface area contributed by atoms with Crippen molar-refractivity contribution in [2.45, 2.75) is 19.9 Å². The second kappa shape index (κ2) is 6.46. The summed E-state index contributed by atoms with van der Waals surface area (Å²) >= 11 is 3.81. The largest absolute Gasteiger partial charge is 0.309 e. The van der Waals surface area contributed by atoms with Crippen LogP contribution < -0.4 is 5.32 Å². The summed E-state index contributed by atoms with van der Waals surface area (Å²) in [6, 6.07) is 4.81. The number of hydrogen-bond donors (Lipinski definition) is 1. The van der Waals surface area contributed by atoms with Crippen molar-refractivity contribution in [3.63, 3.8) is 0 Å². The van der Waals surface area contributed by atoms with Gasteiger partial charge in [0, 0.05) is 23.2 Å². The summed E-state index contributed by atoms with van der Waals surface area (Å²) in [7, 11) is 0. The molecule has 0 fully saturated rings. The molecule has 1 heterocycles. The van der Waals surface area contributed by atoms with Crippen LogP contribution in [0.3, 0.4) is 0 Å². The van der Waals surface area contributed by atoms with Crippen LogP contribution in [-0.2, 0) is 0 Å². The van der Waals surface area contributed by atoms with Gasteiger partial charge in [-0.3, -0.25) is 0 Å². The molecule has 0 saturated carbocycles. The highest BCUT2D eigenvalue weighted by molar-refractivity contribution is 7.99. The van der Waals surface area contributed by atoms with E-state index in [1.165, 1.54) is 16.4 Å². The van der Waals surface area contributed by atoms with E-state index in [2.05, 4.69) is 36.7 Å². The van der Waals surface area contributed by atoms with Crippen LogP contribution in [0.5, 0.6) is 0 Å². The molecule has 0 spiro atoms. The average Bonchev–Trinajstić information content (AvgIpc) is 2.65. The van der Waals surface area contributed by atoms with Gasteiger partial charge in [0.2, 0.25) is 0 Å². The molecule has 1 nitrogen and oxygen atoms in total. The van der Waals surface area contributed by atoms with E-state index in [-0.39, 0.29) is 0 Å². The van der Waals surface area contributed by atoms with E-state index in [0.29, 0.717) is 6.04 Å². The number of thioether (sulfide) groups is 1. The predicted octanol–water partition coefficient (Wildman–Crippen LogP) is 3.15. The summed E-state index contributed by atoms with van der Waals surface area (Å²) in [5.74, 6) is 2.43. The topological polar surface area (TPSA) is 12.0 Å². The fraction of sp³-hybridized carbons (Fsp3) is 0.600. The molecule has 0 radical (unpaired) electrons. The molecule has 0 saturated heterocycles. The number of nitrogens with one attached hydrogen (secondary N) is 1. The first-order valence-electron chi connectivity index (χ1n) is 4.69. The zero-order valence-electron chi connectivity index (χ0n) is 8.25. The molecule has 1 aromatic heterocycles. The lowest BCUT2D eigenvalue weighted by Crippen LogP contribution is -2.20. The third-order valence-corrected chi connectivity index (χ3v) is 3.83. The normalized spacial score (nSPS) is 13.1. The second-order valence-corrected chi connectivity index (χ2v) is 5.26. The van der Waals surface area contributed by atoms with E-state index in [9.17, 15) is 0 Å². The molecule has 74 valence electrons. The van der Waals surface area contributed by atoms with Gasteiger partial charge in [0.25, 0.3) is 0 Å². The first-order valence-corrected chi connectivity index (χ1v) is 6.72. The Hall–Kier alpha value is 0.01000. The summed E-state index contributed by atoms with van der Waals surface area (Å²) in [5.41, 5.74) is 0. The van der Waals surface area contributed by atoms with Gasteiger partial charge in [-0.2, -0.15) is 11.8 Å². The Morgan fingerprint density at radius 3 is 3.08 bits per heavy atom. The van der Waals surface area contributed by atoms with Crippen LogP contribution in [0.1, 0.15) is 24.8 Å². The lowest BCUT2D eigenvalue weighted by Gasteiger charge is -2.11. The van der Waals surface area contributed by atoms with Gasteiger partial charge in [0.05, 0.1) is 0 Å². The van der Waals surface area contributed by atoms with Gasteiger partial charge in [-0.15, -0.1) is 11.3 Å². The van der Waals surface area contributed by atoms with Crippen molar-refractivity contribution in [1.82, 2.24) is 5.32 Å². The van der Waals surface area contributed by atoms with Crippen LogP contribution in [0.2, 0.25) is 0 Å². The summed E-state index contributed by atoms with van der Waals surface area (Å²) in [4.78, 5) is 1.43. The van der Waals surface area contributed by atoms with E-state index in [4.69, 9.17) is 0 Å². The molecule has 0 aliphatic rings. The van der Waals surface area contributed by atoms with Crippen LogP contribution in [0.25, 0.3) is 0 Å². The van der Waals surface area contributed by atoms with E-state index in [1.54, 1.807) is 0 Å². The van der Waals surface area contributed by atoms with Crippen LogP contribution in [0.15, 0.2) is 17.5 Å². The minimum atomic E-state index is 0.512. The molecule has 1 N–H and O–H groups in total. The molecule has 0 aromatic carbocycles. The maximum atomic E-state index is 3.51. The summed E-state index contributed by atoms with van der Waals surface area (Å²) in [6.07, 6.45) is 0. The van der Waals surface area contributed by atoms with E-state index >= 15 is 0 Å². The molecule has 3 heteroatoms. The Balaban J connectivity index is 2.15. The van der Waals surface area contributed by atoms with Gasteiger partial charge >= 0.3 is 0 Å². The lowest BCUT2D eigenvalue weighted by atomic mass is 10.3. The van der Waals surface area contributed by atoms with Crippen molar-refractivity contribution in [2.75, 3.05) is 18.1 Å². The number of hydrogen-bond acceptors (Lipinski definition) is 3. The highest BCUT2D eigenvalue weighted by Gasteiger charge is 2.03. The van der Waals surface area contributed by atoms with Crippen LogP contribution in [0, 0.1) is 0 Å². The van der Waals surface area contributed by atoms with Crippen molar-refractivity contribution in [2.24, 2.45) is 0 Å². The Labute approximate surface area is 88.9 Å². The third-order valence-electron chi connectivity index (χ3n) is 1.87. The molecule has 1 aromatic rings. The zero-order chi connectivity index (χ0) is 9.52. The maximum absolute atomic E-state index is 3.51. The highest BCUT2D eigenvalue weighted by Crippen LogP contribution is 2.17. The first kappa shape index (κ1) is 11.1. The van der Waals surface area contributed by atoms with E-state index in [0.717, 1.165) is 6.54 Å². The highest BCUT2D eigenvalue weighted by atomic mass is 32.2. The summed E-state index contributed by atoms with van der Waals surface area (Å²) in [5, 5.41) is 5.64. The van der Waals surface area contributed by atoms with Gasteiger partial charge in [0.15, 0.2) is 0 Å². The van der Waals surface area contributed by atoms with Crippen LogP contribution in [-0.4, -0.2) is 18.1 Å². The Morgan fingerprint density at radius 2 is 2.46 bits per heavy atom. The van der Waals surface area contributed by atoms with Crippen LogP contribution in [0.4, 0.5) is 0 Å². The van der Waals surface area contributed by atoms with E-state index < -0.39 is 0 Å². The number of thiophene rings is 1. The fourth-order valence-electron chi connectivity index (χ4n) is 1.13. The van der Waals surface area contributed by atoms with Gasteiger partial charge in [-0.05, 0) is 24.1 Å². The Bertz CT molecular complexity index is 209. The Kier molecular flexibility index (Phi) is 5.51. The molecule has 13 heavy (non-hydrogen) atoms. The molecule has 0 aliphatic carbocycles. The minimum absolute atomic E-state index is 0.512. The first-order chi connectivity index (χ1) is 6.34. The fourth-order valence-corrected chi connectivity index (χ4v) is 2.44. The zero-order valence-corrected chi connectivity index (χ0v) is 9.88. The average molecular weight is 215 g/mol. The van der Waals surface area contributed by atoms with Gasteiger partial charge in [0.1, 0.15) is 0 Å². The molecule has 0 bridgehead atoms. The molecule has 0 amide bonds. The molecular formula is C10H17NS2.